The molecule has 0 radical (unpaired) electrons. The number of thiophene rings is 1. The Morgan fingerprint density at radius 1 is 1.42 bits per heavy atom. The molecule has 0 aliphatic carbocycles. The first-order valence-corrected chi connectivity index (χ1v) is 11.5. The zero-order valence-electron chi connectivity index (χ0n) is 18.1. The van der Waals surface area contributed by atoms with Gasteiger partial charge >= 0.3 is 0 Å². The predicted octanol–water partition coefficient (Wildman–Crippen LogP) is 3.65. The Balaban J connectivity index is 1.64. The molecule has 3 aromatic rings. The summed E-state index contributed by atoms with van der Waals surface area (Å²) in [6.07, 6.45) is 1.73. The van der Waals surface area contributed by atoms with Crippen molar-refractivity contribution in [2.75, 3.05) is 31.6 Å². The number of nitrogens with one attached hydrogen (secondary N) is 2. The molecule has 8 heteroatoms. The van der Waals surface area contributed by atoms with E-state index in [0.29, 0.717) is 35.2 Å². The van der Waals surface area contributed by atoms with Crippen molar-refractivity contribution in [1.82, 2.24) is 15.3 Å². The molecule has 1 aliphatic rings. The number of aromatic amines is 1. The summed E-state index contributed by atoms with van der Waals surface area (Å²) < 4.78 is 5.95. The van der Waals surface area contributed by atoms with Crippen molar-refractivity contribution >= 4 is 33.4 Å². The number of nitrogens with zero attached hydrogens (tertiary/aromatic N) is 2. The summed E-state index contributed by atoms with van der Waals surface area (Å²) in [6.45, 7) is 6.16. The minimum Gasteiger partial charge on any atom is -0.497 e. The third-order valence-electron chi connectivity index (χ3n) is 5.57. The van der Waals surface area contributed by atoms with Crippen LogP contribution in [0.15, 0.2) is 34.4 Å². The van der Waals surface area contributed by atoms with E-state index in [9.17, 15) is 9.59 Å². The Morgan fingerprint density at radius 3 is 3.03 bits per heavy atom. The Morgan fingerprint density at radius 2 is 2.26 bits per heavy atom. The number of hydrogen-bond acceptors (Lipinski definition) is 6. The standard InChI is InChI=1S/C23H28N4O3S/c1-14(2)11-24-21(28)16-7-5-9-27(12-16)23-25-19-18(13-31-20(19)22(29)26-23)15-6-4-8-17(10-15)30-3/h4,6,8,10,13-14,16H,5,7,9,11-12H2,1-3H3,(H,24,28)(H,25,26,29)/t16-/m1/s1. The van der Waals surface area contributed by atoms with Crippen LogP contribution in [0.4, 0.5) is 5.95 Å². The largest absolute Gasteiger partial charge is 0.497 e. The van der Waals surface area contributed by atoms with E-state index in [1.54, 1.807) is 7.11 Å². The van der Waals surface area contributed by atoms with Crippen molar-refractivity contribution in [3.05, 3.63) is 40.0 Å². The number of aromatic nitrogens is 2. The van der Waals surface area contributed by atoms with Crippen LogP contribution in [0.5, 0.6) is 5.75 Å². The Hall–Kier alpha value is -2.87. The number of anilines is 1. The highest BCUT2D eigenvalue weighted by Crippen LogP contribution is 2.33. The van der Waals surface area contributed by atoms with Gasteiger partial charge < -0.3 is 15.0 Å². The van der Waals surface area contributed by atoms with Crippen molar-refractivity contribution in [3.8, 4) is 16.9 Å². The van der Waals surface area contributed by atoms with Crippen molar-refractivity contribution in [2.45, 2.75) is 26.7 Å². The molecule has 1 aromatic carbocycles. The van der Waals surface area contributed by atoms with Crippen LogP contribution >= 0.6 is 11.3 Å². The van der Waals surface area contributed by atoms with E-state index >= 15 is 0 Å². The topological polar surface area (TPSA) is 87.3 Å². The van der Waals surface area contributed by atoms with Crippen LogP contribution in [0.2, 0.25) is 0 Å². The second kappa shape index (κ2) is 9.09. The number of carbonyl (C=O) groups is 1. The number of carbonyl (C=O) groups excluding carboxylic acids is 1. The van der Waals surface area contributed by atoms with Crippen molar-refractivity contribution in [3.63, 3.8) is 0 Å². The maximum atomic E-state index is 12.8. The van der Waals surface area contributed by atoms with Crippen LogP contribution in [0.25, 0.3) is 21.3 Å². The van der Waals surface area contributed by atoms with Crippen molar-refractivity contribution < 1.29 is 9.53 Å². The van der Waals surface area contributed by atoms with Gasteiger partial charge in [0.1, 0.15) is 10.4 Å². The van der Waals surface area contributed by atoms with Gasteiger partial charge in [0, 0.05) is 30.6 Å². The summed E-state index contributed by atoms with van der Waals surface area (Å²) in [5.41, 5.74) is 2.41. The Labute approximate surface area is 185 Å². The van der Waals surface area contributed by atoms with Crippen LogP contribution in [0.1, 0.15) is 26.7 Å². The molecule has 1 saturated heterocycles. The molecule has 4 rings (SSSR count). The van der Waals surface area contributed by atoms with Crippen molar-refractivity contribution in [2.24, 2.45) is 11.8 Å². The molecule has 0 saturated carbocycles. The highest BCUT2D eigenvalue weighted by Gasteiger charge is 2.27. The van der Waals surface area contributed by atoms with Crippen LogP contribution in [0.3, 0.4) is 0 Å². The molecule has 31 heavy (non-hydrogen) atoms. The average Bonchev–Trinajstić information content (AvgIpc) is 3.22. The first kappa shape index (κ1) is 21.4. The molecule has 7 nitrogen and oxygen atoms in total. The zero-order valence-corrected chi connectivity index (χ0v) is 18.9. The van der Waals surface area contributed by atoms with Crippen molar-refractivity contribution in [1.29, 1.82) is 0 Å². The lowest BCUT2D eigenvalue weighted by Crippen LogP contribution is -2.44. The predicted molar refractivity (Wildman–Crippen MR) is 125 cm³/mol. The maximum absolute atomic E-state index is 12.8. The number of benzene rings is 1. The van der Waals surface area contributed by atoms with Gasteiger partial charge in [0.25, 0.3) is 5.56 Å². The number of H-pyrrole nitrogens is 1. The summed E-state index contributed by atoms with van der Waals surface area (Å²) in [5, 5.41) is 5.00. The van der Waals surface area contributed by atoms with Gasteiger partial charge in [-0.2, -0.15) is 0 Å². The number of ether oxygens (including phenoxy) is 1. The molecule has 0 spiro atoms. The number of hydrogen-bond donors (Lipinski definition) is 2. The number of amides is 1. The van der Waals surface area contributed by atoms with E-state index in [-0.39, 0.29) is 17.4 Å². The van der Waals surface area contributed by atoms with Crippen LogP contribution in [-0.4, -0.2) is 42.6 Å². The minimum absolute atomic E-state index is 0.0782. The summed E-state index contributed by atoms with van der Waals surface area (Å²) >= 11 is 1.39. The Bertz CT molecular complexity index is 1140. The van der Waals surface area contributed by atoms with Gasteiger partial charge in [0.05, 0.1) is 18.5 Å². The van der Waals surface area contributed by atoms with Crippen LogP contribution in [0, 0.1) is 11.8 Å². The lowest BCUT2D eigenvalue weighted by molar-refractivity contribution is -0.125. The molecule has 3 heterocycles. The second-order valence-corrected chi connectivity index (χ2v) is 9.25. The van der Waals surface area contributed by atoms with Gasteiger partial charge in [-0.25, -0.2) is 4.98 Å². The fraction of sp³-hybridized carbons (Fsp3) is 0.435. The third kappa shape index (κ3) is 4.58. The fourth-order valence-corrected chi connectivity index (χ4v) is 4.80. The van der Waals surface area contributed by atoms with E-state index in [1.165, 1.54) is 11.3 Å². The number of methoxy groups -OCH3 is 1. The first-order valence-electron chi connectivity index (χ1n) is 10.6. The smallest absolute Gasteiger partial charge is 0.270 e. The summed E-state index contributed by atoms with van der Waals surface area (Å²) in [4.78, 5) is 35.1. The van der Waals surface area contributed by atoms with Gasteiger partial charge in [-0.15, -0.1) is 11.3 Å². The fourth-order valence-electron chi connectivity index (χ4n) is 3.89. The zero-order chi connectivity index (χ0) is 22.0. The molecule has 2 N–H and O–H groups in total. The van der Waals surface area contributed by atoms with Gasteiger partial charge in [-0.3, -0.25) is 14.6 Å². The highest BCUT2D eigenvalue weighted by atomic mass is 32.1. The van der Waals surface area contributed by atoms with E-state index in [4.69, 9.17) is 9.72 Å². The monoisotopic (exact) mass is 440 g/mol. The number of fused-ring (bicyclic) bond motifs is 1. The molecule has 0 bridgehead atoms. The molecule has 0 unspecified atom stereocenters. The third-order valence-corrected chi connectivity index (χ3v) is 6.54. The number of rotatable bonds is 6. The van der Waals surface area contributed by atoms with Gasteiger partial charge in [0.2, 0.25) is 11.9 Å². The van der Waals surface area contributed by atoms with Gasteiger partial charge in [-0.05, 0) is 36.5 Å². The lowest BCUT2D eigenvalue weighted by Gasteiger charge is -2.32. The van der Waals surface area contributed by atoms with Crippen LogP contribution < -0.4 is 20.5 Å². The van der Waals surface area contributed by atoms with Gasteiger partial charge in [0.15, 0.2) is 0 Å². The SMILES string of the molecule is COc1cccc(-c2csc3c(=O)[nH]c(N4CCC[C@@H](C(=O)NCC(C)C)C4)nc23)c1. The molecule has 1 aliphatic heterocycles. The highest BCUT2D eigenvalue weighted by molar-refractivity contribution is 7.17. The number of piperidine rings is 1. The van der Waals surface area contributed by atoms with E-state index in [2.05, 4.69) is 24.1 Å². The summed E-state index contributed by atoms with van der Waals surface area (Å²) in [6, 6.07) is 7.75. The average molecular weight is 441 g/mol. The van der Waals surface area contributed by atoms with E-state index in [0.717, 1.165) is 36.3 Å². The minimum atomic E-state index is -0.148. The molecular formula is C23H28N4O3S. The first-order chi connectivity index (χ1) is 15.0. The molecule has 1 fully saturated rings. The molecule has 1 amide bonds. The van der Waals surface area contributed by atoms with Gasteiger partial charge in [-0.1, -0.05) is 26.0 Å². The molecule has 1 atom stereocenters. The van der Waals surface area contributed by atoms with Crippen LogP contribution in [-0.2, 0) is 4.79 Å². The Kier molecular flexibility index (Phi) is 6.27. The molecular weight excluding hydrogens is 412 g/mol. The second-order valence-electron chi connectivity index (χ2n) is 8.37. The molecule has 2 aromatic heterocycles. The normalized spacial score (nSPS) is 16.6. The summed E-state index contributed by atoms with van der Waals surface area (Å²) in [5.74, 6) is 1.68. The van der Waals surface area contributed by atoms with E-state index < -0.39 is 0 Å². The lowest BCUT2D eigenvalue weighted by atomic mass is 9.97. The van der Waals surface area contributed by atoms with E-state index in [1.807, 2.05) is 34.5 Å². The quantitative estimate of drug-likeness (QED) is 0.611. The summed E-state index contributed by atoms with van der Waals surface area (Å²) in [7, 11) is 1.63. The maximum Gasteiger partial charge on any atom is 0.270 e. The molecule has 164 valence electrons.